The fourth-order valence-electron chi connectivity index (χ4n) is 2.89. The van der Waals surface area contributed by atoms with Crippen LogP contribution in [0, 0.1) is 0 Å². The van der Waals surface area contributed by atoms with E-state index in [-0.39, 0.29) is 12.2 Å². The van der Waals surface area contributed by atoms with Crippen molar-refractivity contribution >= 4 is 5.69 Å². The maximum Gasteiger partial charge on any atom is 0.160 e. The summed E-state index contributed by atoms with van der Waals surface area (Å²) in [5, 5.41) is 3.40. The van der Waals surface area contributed by atoms with E-state index in [2.05, 4.69) is 25.2 Å². The largest absolute Gasteiger partial charge is 0.369 e. The molecule has 2 aliphatic rings. The number of hydrogen-bond acceptors (Lipinski definition) is 6. The van der Waals surface area contributed by atoms with Crippen molar-refractivity contribution in [3.63, 3.8) is 0 Å². The smallest absolute Gasteiger partial charge is 0.160 e. The Bertz CT molecular complexity index is 591. The number of aromatic nitrogens is 3. The molecule has 0 spiro atoms. The van der Waals surface area contributed by atoms with Gasteiger partial charge in [-0.05, 0) is 12.1 Å². The van der Waals surface area contributed by atoms with Crippen LogP contribution in [0.25, 0.3) is 11.4 Å². The van der Waals surface area contributed by atoms with E-state index in [0.29, 0.717) is 5.82 Å². The molecule has 2 atom stereocenters. The van der Waals surface area contributed by atoms with E-state index in [4.69, 9.17) is 4.74 Å². The Hall–Kier alpha value is -2.05. The Balaban J connectivity index is 1.54. The first-order valence-electron chi connectivity index (χ1n) is 7.22. The molecule has 1 N–H and O–H groups in total. The van der Waals surface area contributed by atoms with Crippen LogP contribution in [0.3, 0.4) is 0 Å². The second kappa shape index (κ2) is 5.38. The van der Waals surface area contributed by atoms with Crippen molar-refractivity contribution in [3.05, 3.63) is 36.9 Å². The highest BCUT2D eigenvalue weighted by Gasteiger charge is 2.31. The molecule has 6 nitrogen and oxygen atoms in total. The van der Waals surface area contributed by atoms with Gasteiger partial charge in [0.1, 0.15) is 0 Å². The lowest BCUT2D eigenvalue weighted by Gasteiger charge is -2.42. The number of nitrogens with one attached hydrogen (secondary N) is 1. The third-order valence-electron chi connectivity index (χ3n) is 3.90. The van der Waals surface area contributed by atoms with Gasteiger partial charge >= 0.3 is 0 Å². The van der Waals surface area contributed by atoms with Crippen molar-refractivity contribution in [3.8, 4) is 11.4 Å². The molecule has 21 heavy (non-hydrogen) atoms. The summed E-state index contributed by atoms with van der Waals surface area (Å²) in [7, 11) is 0. The first-order chi connectivity index (χ1) is 10.4. The molecule has 2 aromatic rings. The van der Waals surface area contributed by atoms with Crippen LogP contribution < -0.4 is 10.2 Å². The first-order valence-corrected chi connectivity index (χ1v) is 7.22. The van der Waals surface area contributed by atoms with E-state index in [1.807, 2.05) is 24.5 Å². The van der Waals surface area contributed by atoms with Gasteiger partial charge in [0.25, 0.3) is 0 Å². The number of fused-ring (bicyclic) bond motifs is 2. The average molecular weight is 283 g/mol. The van der Waals surface area contributed by atoms with Crippen LogP contribution in [0.4, 0.5) is 5.69 Å². The Morgan fingerprint density at radius 3 is 2.52 bits per heavy atom. The highest BCUT2D eigenvalue weighted by molar-refractivity contribution is 5.55. The zero-order valence-corrected chi connectivity index (χ0v) is 11.6. The van der Waals surface area contributed by atoms with Gasteiger partial charge in [-0.1, -0.05) is 0 Å². The summed E-state index contributed by atoms with van der Waals surface area (Å²) in [6, 6.07) is 3.86. The normalized spacial score (nSPS) is 24.9. The summed E-state index contributed by atoms with van der Waals surface area (Å²) in [6.45, 7) is 3.61. The number of hydrogen-bond donors (Lipinski definition) is 1. The van der Waals surface area contributed by atoms with Crippen molar-refractivity contribution in [1.82, 2.24) is 20.3 Å². The average Bonchev–Trinajstić information content (AvgIpc) is 2.55. The second-order valence-corrected chi connectivity index (χ2v) is 5.45. The van der Waals surface area contributed by atoms with E-state index in [1.54, 1.807) is 12.4 Å². The summed E-state index contributed by atoms with van der Waals surface area (Å²) >= 11 is 0. The highest BCUT2D eigenvalue weighted by atomic mass is 16.5. The molecule has 4 rings (SSSR count). The predicted octanol–water partition coefficient (Wildman–Crippen LogP) is 0.716. The van der Waals surface area contributed by atoms with Crippen molar-refractivity contribution < 1.29 is 4.74 Å². The van der Waals surface area contributed by atoms with Gasteiger partial charge in [0, 0.05) is 44.1 Å². The summed E-state index contributed by atoms with van der Waals surface area (Å²) in [5.74, 6) is 0.710. The summed E-state index contributed by atoms with van der Waals surface area (Å²) < 4.78 is 5.91. The quantitative estimate of drug-likeness (QED) is 0.876. The number of rotatable bonds is 2. The summed E-state index contributed by atoms with van der Waals surface area (Å²) in [6.07, 6.45) is 7.83. The summed E-state index contributed by atoms with van der Waals surface area (Å²) in [5.41, 5.74) is 2.00. The third kappa shape index (κ3) is 2.59. The van der Waals surface area contributed by atoms with E-state index < -0.39 is 0 Å². The lowest BCUT2D eigenvalue weighted by molar-refractivity contribution is -0.0484. The predicted molar refractivity (Wildman–Crippen MR) is 79.0 cm³/mol. The van der Waals surface area contributed by atoms with E-state index in [9.17, 15) is 0 Å². The molecule has 2 fully saturated rings. The van der Waals surface area contributed by atoms with Gasteiger partial charge in [0.05, 0.1) is 30.3 Å². The number of anilines is 1. The SMILES string of the molecule is c1cncc(-c2ncc(N3CC4CNCC(C3)O4)cn2)c1. The van der Waals surface area contributed by atoms with E-state index >= 15 is 0 Å². The van der Waals surface area contributed by atoms with Crippen molar-refractivity contribution in [2.75, 3.05) is 31.1 Å². The van der Waals surface area contributed by atoms with Crippen LogP contribution in [0.2, 0.25) is 0 Å². The van der Waals surface area contributed by atoms with Crippen molar-refractivity contribution in [2.45, 2.75) is 12.2 Å². The van der Waals surface area contributed by atoms with Gasteiger partial charge in [-0.15, -0.1) is 0 Å². The Morgan fingerprint density at radius 2 is 1.86 bits per heavy atom. The lowest BCUT2D eigenvalue weighted by Crippen LogP contribution is -2.58. The van der Waals surface area contributed by atoms with Gasteiger partial charge in [0.2, 0.25) is 0 Å². The molecular weight excluding hydrogens is 266 g/mol. The minimum atomic E-state index is 0.260. The minimum Gasteiger partial charge on any atom is -0.369 e. The Labute approximate surface area is 123 Å². The van der Waals surface area contributed by atoms with Crippen molar-refractivity contribution in [1.29, 1.82) is 0 Å². The maximum atomic E-state index is 5.91. The molecule has 0 amide bonds. The second-order valence-electron chi connectivity index (χ2n) is 5.45. The van der Waals surface area contributed by atoms with Gasteiger partial charge in [0.15, 0.2) is 5.82 Å². The molecule has 2 aromatic heterocycles. The van der Waals surface area contributed by atoms with Crippen LogP contribution in [-0.2, 0) is 4.74 Å². The Morgan fingerprint density at radius 1 is 1.10 bits per heavy atom. The van der Waals surface area contributed by atoms with Gasteiger partial charge in [-0.2, -0.15) is 0 Å². The molecule has 4 heterocycles. The van der Waals surface area contributed by atoms with Crippen LogP contribution >= 0.6 is 0 Å². The van der Waals surface area contributed by atoms with Gasteiger partial charge in [-0.25, -0.2) is 9.97 Å². The first kappa shape index (κ1) is 12.7. The number of ether oxygens (including phenoxy) is 1. The maximum absolute atomic E-state index is 5.91. The standard InChI is InChI=1S/C15H17N5O/c1-2-11(4-16-3-1)15-18-5-12(6-19-15)20-9-13-7-17-8-14(10-20)21-13/h1-6,13-14,17H,7-10H2. The number of nitrogens with zero attached hydrogens (tertiary/aromatic N) is 4. The topological polar surface area (TPSA) is 63.2 Å². The zero-order chi connectivity index (χ0) is 14.1. The van der Waals surface area contributed by atoms with Crippen molar-refractivity contribution in [2.24, 2.45) is 0 Å². The number of pyridine rings is 1. The molecule has 2 aliphatic heterocycles. The van der Waals surface area contributed by atoms with E-state index in [1.165, 1.54) is 0 Å². The molecule has 2 unspecified atom stereocenters. The molecule has 2 saturated heterocycles. The van der Waals surface area contributed by atoms with Crippen LogP contribution in [0.1, 0.15) is 0 Å². The monoisotopic (exact) mass is 283 g/mol. The van der Waals surface area contributed by atoms with Gasteiger partial charge < -0.3 is 15.0 Å². The van der Waals surface area contributed by atoms with Crippen LogP contribution in [-0.4, -0.2) is 53.3 Å². The number of morpholine rings is 2. The summed E-state index contributed by atoms with van der Waals surface area (Å²) in [4.78, 5) is 15.3. The Kier molecular flexibility index (Phi) is 3.25. The molecule has 6 heteroatoms. The van der Waals surface area contributed by atoms with E-state index in [0.717, 1.165) is 37.4 Å². The minimum absolute atomic E-state index is 0.260. The molecular formula is C15H17N5O. The highest BCUT2D eigenvalue weighted by Crippen LogP contribution is 2.22. The molecule has 0 aromatic carbocycles. The van der Waals surface area contributed by atoms with Crippen LogP contribution in [0.5, 0.6) is 0 Å². The lowest BCUT2D eigenvalue weighted by atomic mass is 10.1. The molecule has 0 radical (unpaired) electrons. The fourth-order valence-corrected chi connectivity index (χ4v) is 2.89. The zero-order valence-electron chi connectivity index (χ0n) is 11.6. The molecule has 2 bridgehead atoms. The molecule has 0 saturated carbocycles. The fraction of sp³-hybridized carbons (Fsp3) is 0.400. The van der Waals surface area contributed by atoms with Gasteiger partial charge in [-0.3, -0.25) is 4.98 Å². The van der Waals surface area contributed by atoms with Crippen LogP contribution in [0.15, 0.2) is 36.9 Å². The molecule has 108 valence electrons. The molecule has 0 aliphatic carbocycles. The third-order valence-corrected chi connectivity index (χ3v) is 3.90.